The van der Waals surface area contributed by atoms with Gasteiger partial charge < -0.3 is 15.5 Å². The first kappa shape index (κ1) is 16.5. The Kier molecular flexibility index (Phi) is 5.47. The number of urea groups is 1. The van der Waals surface area contributed by atoms with Crippen molar-refractivity contribution in [2.24, 2.45) is 5.92 Å². The second kappa shape index (κ2) is 7.95. The molecule has 0 bridgehead atoms. The molecule has 0 aromatic carbocycles. The number of carbonyl (C=O) groups excluding carboxylic acids is 1. The molecule has 3 rings (SSSR count). The van der Waals surface area contributed by atoms with Gasteiger partial charge in [-0.3, -0.25) is 0 Å². The standard InChI is InChI=1S/C17H24N6O/c18-11-15-16(20-8-7-19-15)23-9-5-13(6-10-23)12-21-17(24)22-14-3-1-2-4-14/h7-8,13-14H,1-6,9-10,12H2,(H2,21,22,24). The Morgan fingerprint density at radius 1 is 1.21 bits per heavy atom. The smallest absolute Gasteiger partial charge is 0.315 e. The van der Waals surface area contributed by atoms with Crippen LogP contribution in [0.2, 0.25) is 0 Å². The van der Waals surface area contributed by atoms with E-state index in [4.69, 9.17) is 5.26 Å². The summed E-state index contributed by atoms with van der Waals surface area (Å²) in [6, 6.07) is 2.42. The maximum Gasteiger partial charge on any atom is 0.315 e. The predicted molar refractivity (Wildman–Crippen MR) is 90.5 cm³/mol. The number of carbonyl (C=O) groups is 1. The summed E-state index contributed by atoms with van der Waals surface area (Å²) in [5.74, 6) is 1.14. The minimum Gasteiger partial charge on any atom is -0.354 e. The number of nitrogens with zero attached hydrogens (tertiary/aromatic N) is 4. The predicted octanol–water partition coefficient (Wildman–Crippen LogP) is 1.81. The molecule has 128 valence electrons. The summed E-state index contributed by atoms with van der Waals surface area (Å²) < 4.78 is 0. The second-order valence-electron chi connectivity index (χ2n) is 6.61. The Balaban J connectivity index is 1.42. The summed E-state index contributed by atoms with van der Waals surface area (Å²) in [7, 11) is 0. The normalized spacial score (nSPS) is 19.0. The van der Waals surface area contributed by atoms with E-state index in [-0.39, 0.29) is 6.03 Å². The van der Waals surface area contributed by atoms with Crippen LogP contribution in [0.4, 0.5) is 10.6 Å². The van der Waals surface area contributed by atoms with Crippen molar-refractivity contribution in [2.75, 3.05) is 24.5 Å². The SMILES string of the molecule is N#Cc1nccnc1N1CCC(CNC(=O)NC2CCCC2)CC1. The molecule has 1 aromatic heterocycles. The molecule has 24 heavy (non-hydrogen) atoms. The number of anilines is 1. The first-order chi connectivity index (χ1) is 11.8. The van der Waals surface area contributed by atoms with Crippen LogP contribution >= 0.6 is 0 Å². The van der Waals surface area contributed by atoms with Crippen LogP contribution < -0.4 is 15.5 Å². The van der Waals surface area contributed by atoms with Crippen LogP contribution in [0.15, 0.2) is 12.4 Å². The van der Waals surface area contributed by atoms with Gasteiger partial charge in [0.2, 0.25) is 0 Å². The van der Waals surface area contributed by atoms with Crippen LogP contribution in [0, 0.1) is 17.2 Å². The van der Waals surface area contributed by atoms with Gasteiger partial charge in [0.25, 0.3) is 0 Å². The van der Waals surface area contributed by atoms with Gasteiger partial charge in [-0.05, 0) is 31.6 Å². The minimum atomic E-state index is -0.0370. The highest BCUT2D eigenvalue weighted by Crippen LogP contribution is 2.23. The fourth-order valence-electron chi connectivity index (χ4n) is 3.53. The zero-order valence-corrected chi connectivity index (χ0v) is 13.9. The van der Waals surface area contributed by atoms with Crippen molar-refractivity contribution >= 4 is 11.8 Å². The number of hydrogen-bond acceptors (Lipinski definition) is 5. The van der Waals surface area contributed by atoms with E-state index in [0.29, 0.717) is 30.0 Å². The van der Waals surface area contributed by atoms with Gasteiger partial charge in [-0.1, -0.05) is 12.8 Å². The Hall–Kier alpha value is -2.36. The monoisotopic (exact) mass is 328 g/mol. The highest BCUT2D eigenvalue weighted by molar-refractivity contribution is 5.74. The van der Waals surface area contributed by atoms with Crippen LogP contribution in [0.5, 0.6) is 0 Å². The molecule has 2 aliphatic rings. The van der Waals surface area contributed by atoms with Crippen LogP contribution in [0.1, 0.15) is 44.2 Å². The van der Waals surface area contributed by atoms with Gasteiger partial charge in [0.05, 0.1) is 0 Å². The van der Waals surface area contributed by atoms with Gasteiger partial charge >= 0.3 is 6.03 Å². The zero-order valence-electron chi connectivity index (χ0n) is 13.9. The molecule has 0 unspecified atom stereocenters. The molecule has 1 saturated heterocycles. The van der Waals surface area contributed by atoms with E-state index in [9.17, 15) is 4.79 Å². The van der Waals surface area contributed by atoms with Crippen LogP contribution in [-0.4, -0.2) is 41.7 Å². The molecule has 2 N–H and O–H groups in total. The third-order valence-corrected chi connectivity index (χ3v) is 4.94. The van der Waals surface area contributed by atoms with Crippen molar-refractivity contribution in [2.45, 2.75) is 44.6 Å². The maximum atomic E-state index is 11.9. The van der Waals surface area contributed by atoms with E-state index >= 15 is 0 Å². The number of piperidine rings is 1. The van der Waals surface area contributed by atoms with E-state index in [0.717, 1.165) is 38.8 Å². The molecule has 7 heteroatoms. The minimum absolute atomic E-state index is 0.0370. The first-order valence-electron chi connectivity index (χ1n) is 8.76. The van der Waals surface area contributed by atoms with Gasteiger partial charge in [-0.2, -0.15) is 5.26 Å². The van der Waals surface area contributed by atoms with E-state index in [1.54, 1.807) is 12.4 Å². The quantitative estimate of drug-likeness (QED) is 0.879. The second-order valence-corrected chi connectivity index (χ2v) is 6.61. The van der Waals surface area contributed by atoms with Crippen molar-refractivity contribution in [1.29, 1.82) is 5.26 Å². The number of aromatic nitrogens is 2. The summed E-state index contributed by atoms with van der Waals surface area (Å²) in [5, 5.41) is 15.2. The van der Waals surface area contributed by atoms with Gasteiger partial charge in [-0.15, -0.1) is 0 Å². The third kappa shape index (κ3) is 4.13. The molecule has 1 aliphatic carbocycles. The van der Waals surface area contributed by atoms with Gasteiger partial charge in [0.15, 0.2) is 11.5 Å². The number of rotatable bonds is 4. The summed E-state index contributed by atoms with van der Waals surface area (Å²) in [4.78, 5) is 22.4. The molecule has 0 spiro atoms. The summed E-state index contributed by atoms with van der Waals surface area (Å²) >= 11 is 0. The van der Waals surface area contributed by atoms with Gasteiger partial charge in [0.1, 0.15) is 6.07 Å². The van der Waals surface area contributed by atoms with Crippen LogP contribution in [-0.2, 0) is 0 Å². The highest BCUT2D eigenvalue weighted by Gasteiger charge is 2.23. The average molecular weight is 328 g/mol. The highest BCUT2D eigenvalue weighted by atomic mass is 16.2. The van der Waals surface area contributed by atoms with Crippen molar-refractivity contribution in [3.63, 3.8) is 0 Å². The Bertz CT molecular complexity index is 599. The largest absolute Gasteiger partial charge is 0.354 e. The molecule has 7 nitrogen and oxygen atoms in total. The molecular weight excluding hydrogens is 304 g/mol. The van der Waals surface area contributed by atoms with E-state index in [2.05, 4.69) is 31.6 Å². The average Bonchev–Trinajstić information content (AvgIpc) is 3.13. The van der Waals surface area contributed by atoms with Crippen LogP contribution in [0.3, 0.4) is 0 Å². The third-order valence-electron chi connectivity index (χ3n) is 4.94. The summed E-state index contributed by atoms with van der Waals surface area (Å²) in [5.41, 5.74) is 0.380. The molecule has 2 heterocycles. The molecule has 2 fully saturated rings. The lowest BCUT2D eigenvalue weighted by Crippen LogP contribution is -2.44. The lowest BCUT2D eigenvalue weighted by molar-refractivity contribution is 0.233. The molecule has 1 saturated carbocycles. The lowest BCUT2D eigenvalue weighted by Gasteiger charge is -2.33. The summed E-state index contributed by atoms with van der Waals surface area (Å²) in [6.07, 6.45) is 9.76. The zero-order chi connectivity index (χ0) is 16.8. The van der Waals surface area contributed by atoms with Crippen molar-refractivity contribution < 1.29 is 4.79 Å². The van der Waals surface area contributed by atoms with E-state index < -0.39 is 0 Å². The lowest BCUT2D eigenvalue weighted by atomic mass is 9.97. The molecule has 2 amide bonds. The first-order valence-corrected chi connectivity index (χ1v) is 8.76. The van der Waals surface area contributed by atoms with Crippen LogP contribution in [0.25, 0.3) is 0 Å². The van der Waals surface area contributed by atoms with E-state index in [1.165, 1.54) is 12.8 Å². The topological polar surface area (TPSA) is 93.9 Å². The molecule has 0 radical (unpaired) electrons. The number of hydrogen-bond donors (Lipinski definition) is 2. The number of nitrogens with one attached hydrogen (secondary N) is 2. The Morgan fingerprint density at radius 3 is 2.62 bits per heavy atom. The maximum absolute atomic E-state index is 11.9. The molecule has 0 atom stereocenters. The summed E-state index contributed by atoms with van der Waals surface area (Å²) in [6.45, 7) is 2.38. The molecule has 1 aromatic rings. The van der Waals surface area contributed by atoms with Gasteiger partial charge in [0, 0.05) is 38.1 Å². The van der Waals surface area contributed by atoms with E-state index in [1.807, 2.05) is 0 Å². The van der Waals surface area contributed by atoms with Gasteiger partial charge in [-0.25, -0.2) is 14.8 Å². The number of amides is 2. The fourth-order valence-corrected chi connectivity index (χ4v) is 3.53. The Labute approximate surface area is 142 Å². The fraction of sp³-hybridized carbons (Fsp3) is 0.647. The molecular formula is C17H24N6O. The van der Waals surface area contributed by atoms with Crippen molar-refractivity contribution in [3.05, 3.63) is 18.1 Å². The van der Waals surface area contributed by atoms with Crippen molar-refractivity contribution in [3.8, 4) is 6.07 Å². The molecule has 1 aliphatic heterocycles. The Morgan fingerprint density at radius 2 is 1.92 bits per heavy atom. The number of nitriles is 1. The van der Waals surface area contributed by atoms with Crippen molar-refractivity contribution in [1.82, 2.24) is 20.6 Å².